The predicted octanol–water partition coefficient (Wildman–Crippen LogP) is 3.85. The Bertz CT molecular complexity index is 707. The van der Waals surface area contributed by atoms with Crippen LogP contribution in [-0.2, 0) is 19.4 Å². The molecule has 5 heteroatoms. The Morgan fingerprint density at radius 2 is 2.10 bits per heavy atom. The fourth-order valence-corrected chi connectivity index (χ4v) is 3.97. The topological polar surface area (TPSA) is 34.0 Å². The Kier molecular flexibility index (Phi) is 4.33. The number of aromatic nitrogens is 1. The number of hydrogen-bond donors (Lipinski definition) is 1. The van der Waals surface area contributed by atoms with Crippen molar-refractivity contribution in [1.29, 1.82) is 0 Å². The quantitative estimate of drug-likeness (QED) is 0.814. The zero-order valence-corrected chi connectivity index (χ0v) is 14.9. The highest BCUT2D eigenvalue weighted by Gasteiger charge is 2.25. The van der Waals surface area contributed by atoms with E-state index in [2.05, 4.69) is 37.2 Å². The number of hydrogen-bond acceptors (Lipinski definition) is 2. The first kappa shape index (κ1) is 15.0. The highest BCUT2D eigenvalue weighted by molar-refractivity contribution is 9.13. The summed E-state index contributed by atoms with van der Waals surface area (Å²) in [6, 6.07) is 8.05. The summed E-state index contributed by atoms with van der Waals surface area (Å²) in [7, 11) is 0. The second-order valence-electron chi connectivity index (χ2n) is 5.29. The van der Waals surface area contributed by atoms with Crippen LogP contribution >= 0.6 is 31.9 Å². The zero-order chi connectivity index (χ0) is 15.0. The van der Waals surface area contributed by atoms with Crippen LogP contribution in [0.1, 0.15) is 27.2 Å². The van der Waals surface area contributed by atoms with Crippen LogP contribution in [0.5, 0.6) is 0 Å². The summed E-state index contributed by atoms with van der Waals surface area (Å²) < 4.78 is 3.64. The van der Waals surface area contributed by atoms with Crippen molar-refractivity contribution in [3.8, 4) is 0 Å². The summed E-state index contributed by atoms with van der Waals surface area (Å²) in [4.78, 5) is 12.8. The van der Waals surface area contributed by atoms with Crippen LogP contribution in [0.3, 0.4) is 0 Å². The summed E-state index contributed by atoms with van der Waals surface area (Å²) in [5, 5.41) is 3.34. The lowest BCUT2D eigenvalue weighted by Gasteiger charge is -2.16. The number of benzene rings is 1. The first-order valence-corrected chi connectivity index (χ1v) is 8.54. The van der Waals surface area contributed by atoms with Gasteiger partial charge in [-0.3, -0.25) is 9.36 Å². The van der Waals surface area contributed by atoms with Gasteiger partial charge in [0.05, 0.1) is 10.9 Å². The minimum atomic E-state index is 0.111. The number of aryl methyl sites for hydroxylation is 1. The van der Waals surface area contributed by atoms with Crippen molar-refractivity contribution in [3.63, 3.8) is 0 Å². The molecule has 110 valence electrons. The van der Waals surface area contributed by atoms with Crippen molar-refractivity contribution in [1.82, 2.24) is 9.88 Å². The monoisotopic (exact) mass is 410 g/mol. The lowest BCUT2D eigenvalue weighted by Crippen LogP contribution is -2.27. The molecule has 1 N–H and O–H groups in total. The van der Waals surface area contributed by atoms with E-state index in [0.717, 1.165) is 45.4 Å². The minimum absolute atomic E-state index is 0.111. The van der Waals surface area contributed by atoms with E-state index < -0.39 is 0 Å². The molecule has 2 aromatic rings. The second-order valence-corrected chi connectivity index (χ2v) is 6.83. The smallest absolute Gasteiger partial charge is 0.236 e. The van der Waals surface area contributed by atoms with Crippen LogP contribution in [0.2, 0.25) is 0 Å². The van der Waals surface area contributed by atoms with Crippen molar-refractivity contribution in [3.05, 3.63) is 55.7 Å². The SMILES string of the molecule is Cc1ccccc1CC(=O)n1c(Br)c(Br)c2c1CCNC2. The third-order valence-corrected chi connectivity index (χ3v) is 6.09. The first-order valence-electron chi connectivity index (χ1n) is 6.95. The molecule has 0 atom stereocenters. The zero-order valence-electron chi connectivity index (χ0n) is 11.7. The molecule has 0 radical (unpaired) electrons. The number of nitrogens with zero attached hydrogens (tertiary/aromatic N) is 1. The number of fused-ring (bicyclic) bond motifs is 1. The molecule has 3 nitrogen and oxygen atoms in total. The fourth-order valence-electron chi connectivity index (χ4n) is 2.78. The van der Waals surface area contributed by atoms with Crippen molar-refractivity contribution in [2.24, 2.45) is 0 Å². The molecule has 21 heavy (non-hydrogen) atoms. The molecule has 0 amide bonds. The lowest BCUT2D eigenvalue weighted by molar-refractivity contribution is 0.0908. The molecule has 0 fully saturated rings. The summed E-state index contributed by atoms with van der Waals surface area (Å²) in [5.41, 5.74) is 4.54. The Morgan fingerprint density at radius 3 is 2.86 bits per heavy atom. The highest BCUT2D eigenvalue weighted by Crippen LogP contribution is 2.34. The molecule has 0 spiro atoms. The molecular weight excluding hydrogens is 396 g/mol. The highest BCUT2D eigenvalue weighted by atomic mass is 79.9. The average molecular weight is 412 g/mol. The van der Waals surface area contributed by atoms with E-state index in [9.17, 15) is 4.79 Å². The molecule has 1 aromatic carbocycles. The van der Waals surface area contributed by atoms with E-state index in [1.807, 2.05) is 35.8 Å². The van der Waals surface area contributed by atoms with Gasteiger partial charge in [0.2, 0.25) is 5.91 Å². The number of carbonyl (C=O) groups is 1. The number of rotatable bonds is 2. The normalized spacial score (nSPS) is 14.0. The second kappa shape index (κ2) is 6.07. The van der Waals surface area contributed by atoms with E-state index in [1.54, 1.807) is 0 Å². The number of carbonyl (C=O) groups excluding carboxylic acids is 1. The Hall–Kier alpha value is -0.910. The van der Waals surface area contributed by atoms with Crippen LogP contribution < -0.4 is 5.32 Å². The van der Waals surface area contributed by atoms with Crippen molar-refractivity contribution < 1.29 is 4.79 Å². The van der Waals surface area contributed by atoms with Gasteiger partial charge in [0, 0.05) is 30.8 Å². The summed E-state index contributed by atoms with van der Waals surface area (Å²) in [6.07, 6.45) is 1.30. The van der Waals surface area contributed by atoms with Gasteiger partial charge in [-0.2, -0.15) is 0 Å². The maximum atomic E-state index is 12.8. The first-order chi connectivity index (χ1) is 10.1. The third-order valence-electron chi connectivity index (χ3n) is 3.95. The molecule has 0 saturated carbocycles. The Labute approximate surface area is 141 Å². The van der Waals surface area contributed by atoms with Gasteiger partial charge in [-0.25, -0.2) is 0 Å². The molecule has 1 aliphatic rings. The van der Waals surface area contributed by atoms with E-state index in [-0.39, 0.29) is 5.91 Å². The van der Waals surface area contributed by atoms with Crippen molar-refractivity contribution in [2.75, 3.05) is 6.54 Å². The van der Waals surface area contributed by atoms with Gasteiger partial charge < -0.3 is 5.32 Å². The fraction of sp³-hybridized carbons (Fsp3) is 0.312. The van der Waals surface area contributed by atoms with E-state index in [0.29, 0.717) is 6.42 Å². The summed E-state index contributed by atoms with van der Waals surface area (Å²) in [6.45, 7) is 3.76. The molecule has 2 heterocycles. The molecule has 1 aromatic heterocycles. The van der Waals surface area contributed by atoms with Gasteiger partial charge in [0.1, 0.15) is 4.60 Å². The van der Waals surface area contributed by atoms with Gasteiger partial charge in [-0.15, -0.1) is 0 Å². The molecular formula is C16H16Br2N2O. The Morgan fingerprint density at radius 1 is 1.33 bits per heavy atom. The average Bonchev–Trinajstić information content (AvgIpc) is 2.74. The van der Waals surface area contributed by atoms with E-state index in [4.69, 9.17) is 0 Å². The number of nitrogens with one attached hydrogen (secondary N) is 1. The van der Waals surface area contributed by atoms with E-state index >= 15 is 0 Å². The maximum absolute atomic E-state index is 12.8. The number of halogens is 2. The predicted molar refractivity (Wildman–Crippen MR) is 90.8 cm³/mol. The molecule has 0 aliphatic carbocycles. The van der Waals surface area contributed by atoms with Crippen LogP contribution in [-0.4, -0.2) is 17.0 Å². The third kappa shape index (κ3) is 2.74. The van der Waals surface area contributed by atoms with Crippen LogP contribution in [0.15, 0.2) is 33.3 Å². The maximum Gasteiger partial charge on any atom is 0.236 e. The van der Waals surface area contributed by atoms with Crippen molar-refractivity contribution in [2.45, 2.75) is 26.3 Å². The van der Waals surface area contributed by atoms with Gasteiger partial charge >= 0.3 is 0 Å². The lowest BCUT2D eigenvalue weighted by atomic mass is 10.1. The molecule has 0 bridgehead atoms. The van der Waals surface area contributed by atoms with Gasteiger partial charge in [0.25, 0.3) is 0 Å². The Balaban J connectivity index is 1.97. The summed E-state index contributed by atoms with van der Waals surface area (Å²) >= 11 is 7.16. The molecule has 1 aliphatic heterocycles. The van der Waals surface area contributed by atoms with Crippen LogP contribution in [0.25, 0.3) is 0 Å². The molecule has 0 saturated heterocycles. The van der Waals surface area contributed by atoms with Gasteiger partial charge in [-0.1, -0.05) is 24.3 Å². The largest absolute Gasteiger partial charge is 0.312 e. The van der Waals surface area contributed by atoms with Crippen LogP contribution in [0.4, 0.5) is 0 Å². The minimum Gasteiger partial charge on any atom is -0.312 e. The van der Waals surface area contributed by atoms with Crippen molar-refractivity contribution >= 4 is 37.8 Å². The molecule has 3 rings (SSSR count). The standard InChI is InChI=1S/C16H16Br2N2O/c1-10-4-2-3-5-11(10)8-14(21)20-13-6-7-19-9-12(13)15(17)16(20)18/h2-5,19H,6-9H2,1H3. The summed E-state index contributed by atoms with van der Waals surface area (Å²) in [5.74, 6) is 0.111. The van der Waals surface area contributed by atoms with Gasteiger partial charge in [-0.05, 0) is 49.9 Å². The van der Waals surface area contributed by atoms with Gasteiger partial charge in [0.15, 0.2) is 0 Å². The van der Waals surface area contributed by atoms with Crippen LogP contribution in [0, 0.1) is 6.92 Å². The van der Waals surface area contributed by atoms with E-state index in [1.165, 1.54) is 5.56 Å². The molecule has 0 unspecified atom stereocenters.